The molecule has 0 aliphatic rings. The molecule has 1 unspecified atom stereocenters. The minimum absolute atomic E-state index is 0.144. The lowest BCUT2D eigenvalue weighted by Crippen LogP contribution is -2.22. The maximum atomic E-state index is 12.1. The zero-order chi connectivity index (χ0) is 14.7. The number of benzene rings is 1. The summed E-state index contributed by atoms with van der Waals surface area (Å²) in [6.07, 6.45) is 0. The first-order chi connectivity index (χ1) is 9.45. The van der Waals surface area contributed by atoms with Gasteiger partial charge in [0, 0.05) is 5.69 Å². The van der Waals surface area contributed by atoms with E-state index in [1.165, 1.54) is 23.3 Å². The molecule has 0 bridgehead atoms. The number of aryl methyl sites for hydroxylation is 1. The Hall–Kier alpha value is -1.31. The van der Waals surface area contributed by atoms with Crippen LogP contribution < -0.4 is 11.1 Å². The van der Waals surface area contributed by atoms with Crippen molar-refractivity contribution in [2.24, 2.45) is 0 Å². The Morgan fingerprint density at radius 2 is 2.30 bits per heavy atom. The topological polar surface area (TPSA) is 80.9 Å². The second-order valence-corrected chi connectivity index (χ2v) is 6.84. The third-order valence-electron chi connectivity index (χ3n) is 2.41. The Kier molecular flexibility index (Phi) is 4.85. The molecule has 2 rings (SSSR count). The van der Waals surface area contributed by atoms with Crippen LogP contribution in [0.5, 0.6) is 0 Å². The smallest absolute Gasteiger partial charge is 0.237 e. The van der Waals surface area contributed by atoms with Gasteiger partial charge in [0.2, 0.25) is 5.91 Å². The van der Waals surface area contributed by atoms with Gasteiger partial charge < -0.3 is 11.1 Å². The summed E-state index contributed by atoms with van der Waals surface area (Å²) in [4.78, 5) is 16.3. The van der Waals surface area contributed by atoms with E-state index in [-0.39, 0.29) is 11.2 Å². The van der Waals surface area contributed by atoms with Crippen LogP contribution in [0.2, 0.25) is 5.02 Å². The number of carbonyl (C=O) groups is 1. The van der Waals surface area contributed by atoms with Gasteiger partial charge in [0.25, 0.3) is 0 Å². The number of aromatic nitrogens is 2. The number of rotatable bonds is 4. The molecule has 0 saturated carbocycles. The van der Waals surface area contributed by atoms with E-state index in [1.807, 2.05) is 13.8 Å². The average molecular weight is 329 g/mol. The molecule has 8 heteroatoms. The van der Waals surface area contributed by atoms with Gasteiger partial charge in [-0.1, -0.05) is 23.4 Å². The van der Waals surface area contributed by atoms with Crippen LogP contribution in [0.4, 0.5) is 11.4 Å². The second-order valence-electron chi connectivity index (χ2n) is 4.10. The maximum absolute atomic E-state index is 12.1. The Bertz CT molecular complexity index is 632. The fourth-order valence-electron chi connectivity index (χ4n) is 1.40. The van der Waals surface area contributed by atoms with Gasteiger partial charge in [-0.2, -0.15) is 4.37 Å². The Labute approximate surface area is 130 Å². The second kappa shape index (κ2) is 6.43. The minimum Gasteiger partial charge on any atom is -0.399 e. The molecule has 0 fully saturated rings. The van der Waals surface area contributed by atoms with Gasteiger partial charge in [0.1, 0.15) is 5.82 Å². The molecule has 0 aliphatic carbocycles. The van der Waals surface area contributed by atoms with Crippen LogP contribution in [0, 0.1) is 6.92 Å². The predicted octanol–water partition coefficient (Wildman–Crippen LogP) is 3.20. The normalized spacial score (nSPS) is 12.2. The quantitative estimate of drug-likeness (QED) is 0.665. The standard InChI is InChI=1S/C12H13ClN4OS2/c1-6(19-12-15-7(2)17-20-12)11(18)16-10-4-3-8(14)5-9(10)13/h3-6H,14H2,1-2H3,(H,16,18). The molecule has 20 heavy (non-hydrogen) atoms. The Balaban J connectivity index is 2.00. The van der Waals surface area contributed by atoms with Crippen molar-refractivity contribution in [1.29, 1.82) is 0 Å². The van der Waals surface area contributed by atoms with Crippen molar-refractivity contribution in [3.63, 3.8) is 0 Å². The molecule has 0 radical (unpaired) electrons. The van der Waals surface area contributed by atoms with Crippen molar-refractivity contribution >= 4 is 52.2 Å². The molecule has 1 atom stereocenters. The van der Waals surface area contributed by atoms with Crippen LogP contribution in [-0.4, -0.2) is 20.5 Å². The number of nitrogens with zero attached hydrogens (tertiary/aromatic N) is 2. The molecule has 2 aromatic rings. The third kappa shape index (κ3) is 3.84. The van der Waals surface area contributed by atoms with Gasteiger partial charge in [0.15, 0.2) is 4.34 Å². The summed E-state index contributed by atoms with van der Waals surface area (Å²) < 4.78 is 4.85. The number of anilines is 2. The summed E-state index contributed by atoms with van der Waals surface area (Å²) in [5, 5.41) is 2.90. The van der Waals surface area contributed by atoms with Crippen molar-refractivity contribution in [2.45, 2.75) is 23.4 Å². The molecule has 5 nitrogen and oxygen atoms in total. The maximum Gasteiger partial charge on any atom is 0.237 e. The summed E-state index contributed by atoms with van der Waals surface area (Å²) in [5.41, 5.74) is 6.71. The number of halogens is 1. The van der Waals surface area contributed by atoms with Gasteiger partial charge in [-0.15, -0.1) is 0 Å². The van der Waals surface area contributed by atoms with Gasteiger partial charge in [-0.25, -0.2) is 4.98 Å². The van der Waals surface area contributed by atoms with Crippen LogP contribution in [0.15, 0.2) is 22.5 Å². The van der Waals surface area contributed by atoms with Crippen LogP contribution in [-0.2, 0) is 4.79 Å². The van der Waals surface area contributed by atoms with Crippen molar-refractivity contribution in [1.82, 2.24) is 9.36 Å². The van der Waals surface area contributed by atoms with Crippen molar-refractivity contribution in [2.75, 3.05) is 11.1 Å². The lowest BCUT2D eigenvalue weighted by Gasteiger charge is -2.11. The van der Waals surface area contributed by atoms with Gasteiger partial charge >= 0.3 is 0 Å². The number of nitrogens with two attached hydrogens (primary N) is 1. The van der Waals surface area contributed by atoms with E-state index in [4.69, 9.17) is 17.3 Å². The molecule has 1 aromatic carbocycles. The van der Waals surface area contributed by atoms with E-state index in [1.54, 1.807) is 18.2 Å². The zero-order valence-electron chi connectivity index (χ0n) is 10.9. The molecule has 0 saturated heterocycles. The monoisotopic (exact) mass is 328 g/mol. The lowest BCUT2D eigenvalue weighted by atomic mass is 10.2. The van der Waals surface area contributed by atoms with E-state index < -0.39 is 0 Å². The first-order valence-corrected chi connectivity index (χ1v) is 7.81. The SMILES string of the molecule is Cc1nsc(SC(C)C(=O)Nc2ccc(N)cc2Cl)n1. The summed E-state index contributed by atoms with van der Waals surface area (Å²) in [7, 11) is 0. The predicted molar refractivity (Wildman–Crippen MR) is 84.5 cm³/mol. The van der Waals surface area contributed by atoms with Crippen molar-refractivity contribution < 1.29 is 4.79 Å². The minimum atomic E-state index is -0.295. The van der Waals surface area contributed by atoms with Crippen LogP contribution in [0.3, 0.4) is 0 Å². The highest BCUT2D eigenvalue weighted by Gasteiger charge is 2.17. The highest BCUT2D eigenvalue weighted by molar-refractivity contribution is 8.02. The van der Waals surface area contributed by atoms with Crippen LogP contribution in [0.25, 0.3) is 0 Å². The third-order valence-corrected chi connectivity index (χ3v) is 4.70. The average Bonchev–Trinajstić information content (AvgIpc) is 2.78. The molecule has 106 valence electrons. The number of hydrogen-bond donors (Lipinski definition) is 2. The summed E-state index contributed by atoms with van der Waals surface area (Å²) in [6, 6.07) is 4.97. The summed E-state index contributed by atoms with van der Waals surface area (Å²) in [6.45, 7) is 3.63. The zero-order valence-corrected chi connectivity index (χ0v) is 13.3. The Morgan fingerprint density at radius 1 is 1.55 bits per heavy atom. The number of nitrogen functional groups attached to an aromatic ring is 1. The number of amides is 1. The van der Waals surface area contributed by atoms with Crippen molar-refractivity contribution in [3.8, 4) is 0 Å². The molecular formula is C12H13ClN4OS2. The molecule has 3 N–H and O–H groups in total. The van der Waals surface area contributed by atoms with Crippen molar-refractivity contribution in [3.05, 3.63) is 29.0 Å². The fourth-order valence-corrected chi connectivity index (χ4v) is 3.43. The van der Waals surface area contributed by atoms with E-state index >= 15 is 0 Å². The molecule has 0 aliphatic heterocycles. The molecule has 1 heterocycles. The highest BCUT2D eigenvalue weighted by atomic mass is 35.5. The van der Waals surface area contributed by atoms with E-state index in [9.17, 15) is 4.79 Å². The fraction of sp³-hybridized carbons (Fsp3) is 0.250. The van der Waals surface area contributed by atoms with Gasteiger partial charge in [-0.05, 0) is 43.6 Å². The van der Waals surface area contributed by atoms with E-state index in [0.29, 0.717) is 22.2 Å². The number of thioether (sulfide) groups is 1. The Morgan fingerprint density at radius 3 is 2.90 bits per heavy atom. The summed E-state index contributed by atoms with van der Waals surface area (Å²) in [5.74, 6) is 0.571. The molecule has 1 amide bonds. The van der Waals surface area contributed by atoms with Gasteiger partial charge in [-0.3, -0.25) is 4.79 Å². The lowest BCUT2D eigenvalue weighted by molar-refractivity contribution is -0.115. The number of hydrogen-bond acceptors (Lipinski definition) is 6. The van der Waals surface area contributed by atoms with Crippen LogP contribution >= 0.6 is 34.9 Å². The van der Waals surface area contributed by atoms with E-state index in [2.05, 4.69) is 14.7 Å². The van der Waals surface area contributed by atoms with Gasteiger partial charge in [0.05, 0.1) is 16.0 Å². The summed E-state index contributed by atoms with van der Waals surface area (Å²) >= 11 is 8.67. The largest absolute Gasteiger partial charge is 0.399 e. The van der Waals surface area contributed by atoms with E-state index in [0.717, 1.165) is 4.34 Å². The first-order valence-electron chi connectivity index (χ1n) is 5.78. The molecule has 0 spiro atoms. The van der Waals surface area contributed by atoms with Crippen LogP contribution in [0.1, 0.15) is 12.7 Å². The molecular weight excluding hydrogens is 316 g/mol. The first kappa shape index (κ1) is 15.1. The molecule has 1 aromatic heterocycles. The number of nitrogens with one attached hydrogen (secondary N) is 1. The highest BCUT2D eigenvalue weighted by Crippen LogP contribution is 2.28. The number of carbonyl (C=O) groups excluding carboxylic acids is 1.